The first-order valence-corrected chi connectivity index (χ1v) is 8.33. The molecule has 2 aromatic rings. The van der Waals surface area contributed by atoms with Gasteiger partial charge in [0.25, 0.3) is 0 Å². The molecule has 3 heterocycles. The number of nitrogens with zero attached hydrogens (tertiary/aromatic N) is 4. The largest absolute Gasteiger partial charge is 0.394 e. The third kappa shape index (κ3) is 2.89. The molecule has 0 amide bonds. The zero-order valence-electron chi connectivity index (χ0n) is 13.5. The maximum atomic E-state index is 13.9. The molecule has 4 N–H and O–H groups in total. The van der Waals surface area contributed by atoms with Gasteiger partial charge in [0.2, 0.25) is 5.95 Å². The lowest BCUT2D eigenvalue weighted by Crippen LogP contribution is -2.31. The van der Waals surface area contributed by atoms with Crippen LogP contribution in [0.15, 0.2) is 6.33 Å². The molecule has 2 fully saturated rings. The number of aryl methyl sites for hydroxylation is 1. The van der Waals surface area contributed by atoms with Crippen LogP contribution >= 0.6 is 0 Å². The third-order valence-electron chi connectivity index (χ3n) is 4.72. The number of aromatic nitrogens is 4. The molecule has 0 spiro atoms. The Morgan fingerprint density at radius 3 is 2.92 bits per heavy atom. The molecule has 24 heavy (non-hydrogen) atoms. The highest BCUT2D eigenvalue weighted by molar-refractivity contribution is 5.84. The lowest BCUT2D eigenvalue weighted by atomic mass is 10.2. The number of fused-ring (bicyclic) bond motifs is 1. The topological polar surface area (TPSA) is 99.9 Å². The van der Waals surface area contributed by atoms with E-state index in [-0.39, 0.29) is 18.7 Å². The molecule has 2 aliphatic rings. The smallest absolute Gasteiger partial charge is 0.227 e. The van der Waals surface area contributed by atoms with E-state index in [4.69, 9.17) is 0 Å². The number of aliphatic hydroxyl groups excluding tert-OH is 1. The Bertz CT molecular complexity index is 732. The average molecular weight is 335 g/mol. The van der Waals surface area contributed by atoms with Crippen LogP contribution < -0.4 is 16.0 Å². The molecule has 1 saturated heterocycles. The number of aliphatic hydroxyl groups is 1. The fourth-order valence-corrected chi connectivity index (χ4v) is 3.11. The van der Waals surface area contributed by atoms with Gasteiger partial charge in [-0.3, -0.25) is 0 Å². The van der Waals surface area contributed by atoms with Gasteiger partial charge in [-0.15, -0.1) is 0 Å². The quantitative estimate of drug-likeness (QED) is 0.601. The zero-order valence-corrected chi connectivity index (χ0v) is 13.5. The lowest BCUT2D eigenvalue weighted by molar-refractivity contribution is 0.263. The Balaban J connectivity index is 1.65. The van der Waals surface area contributed by atoms with Gasteiger partial charge in [0.1, 0.15) is 6.17 Å². The van der Waals surface area contributed by atoms with E-state index in [2.05, 4.69) is 30.9 Å². The fraction of sp³-hybridized carbons (Fsp3) is 0.667. The van der Waals surface area contributed by atoms with Crippen molar-refractivity contribution in [1.29, 1.82) is 0 Å². The number of imidazole rings is 1. The van der Waals surface area contributed by atoms with E-state index in [9.17, 15) is 9.50 Å². The van der Waals surface area contributed by atoms with Gasteiger partial charge in [-0.1, -0.05) is 0 Å². The first-order valence-electron chi connectivity index (χ1n) is 8.33. The van der Waals surface area contributed by atoms with E-state index in [1.54, 1.807) is 10.9 Å². The van der Waals surface area contributed by atoms with Gasteiger partial charge >= 0.3 is 0 Å². The van der Waals surface area contributed by atoms with Crippen molar-refractivity contribution in [3.05, 3.63) is 6.33 Å². The Hall–Kier alpha value is -2.00. The fourth-order valence-electron chi connectivity index (χ4n) is 3.11. The van der Waals surface area contributed by atoms with Crippen LogP contribution in [0.5, 0.6) is 0 Å². The zero-order chi connectivity index (χ0) is 16.7. The highest BCUT2D eigenvalue weighted by Gasteiger charge is 2.32. The van der Waals surface area contributed by atoms with Crippen LogP contribution in [-0.4, -0.2) is 62.6 Å². The van der Waals surface area contributed by atoms with Crippen LogP contribution in [0.25, 0.3) is 11.2 Å². The molecule has 1 saturated carbocycles. The molecule has 8 nitrogen and oxygen atoms in total. The molecule has 1 aliphatic heterocycles. The summed E-state index contributed by atoms with van der Waals surface area (Å²) in [5.74, 6) is 1.42. The second kappa shape index (κ2) is 6.14. The highest BCUT2D eigenvalue weighted by atomic mass is 19.1. The minimum absolute atomic E-state index is 0.0410. The van der Waals surface area contributed by atoms with Crippen LogP contribution in [-0.2, 0) is 7.05 Å². The Labute approximate surface area is 138 Å². The van der Waals surface area contributed by atoms with E-state index in [0.717, 1.165) is 12.8 Å². The lowest BCUT2D eigenvalue weighted by Gasteiger charge is -2.18. The van der Waals surface area contributed by atoms with Gasteiger partial charge in [-0.2, -0.15) is 9.97 Å². The van der Waals surface area contributed by atoms with Crippen LogP contribution in [0.2, 0.25) is 0 Å². The summed E-state index contributed by atoms with van der Waals surface area (Å²) in [6.45, 7) is 0.927. The minimum atomic E-state index is -0.966. The van der Waals surface area contributed by atoms with Gasteiger partial charge in [-0.05, 0) is 18.8 Å². The average Bonchev–Trinajstić information content (AvgIpc) is 3.25. The Kier molecular flexibility index (Phi) is 3.97. The predicted molar refractivity (Wildman–Crippen MR) is 88.7 cm³/mol. The molecule has 130 valence electrons. The van der Waals surface area contributed by atoms with Crippen molar-refractivity contribution < 1.29 is 9.50 Å². The molecule has 9 heteroatoms. The first kappa shape index (κ1) is 15.5. The third-order valence-corrected chi connectivity index (χ3v) is 4.72. The van der Waals surface area contributed by atoms with E-state index < -0.39 is 6.17 Å². The van der Waals surface area contributed by atoms with Crippen molar-refractivity contribution in [2.75, 3.05) is 30.3 Å². The predicted octanol–water partition coefficient (Wildman–Crippen LogP) is 0.268. The molecule has 0 aromatic carbocycles. The van der Waals surface area contributed by atoms with E-state index in [1.165, 1.54) is 0 Å². The number of alkyl halides is 1. The maximum absolute atomic E-state index is 13.9. The van der Waals surface area contributed by atoms with E-state index in [0.29, 0.717) is 41.9 Å². The SMILES string of the molecule is Cn1cnc2c(NC3CNCC3F)nc(N[C@@H](CO)C3CC3)nc21. The first-order chi connectivity index (χ1) is 11.7. The molecule has 3 atom stereocenters. The summed E-state index contributed by atoms with van der Waals surface area (Å²) in [7, 11) is 1.86. The molecular weight excluding hydrogens is 313 g/mol. The van der Waals surface area contributed by atoms with Crippen molar-refractivity contribution >= 4 is 22.9 Å². The normalized spacial score (nSPS) is 25.1. The van der Waals surface area contributed by atoms with Crippen molar-refractivity contribution in [3.63, 3.8) is 0 Å². The minimum Gasteiger partial charge on any atom is -0.394 e. The summed E-state index contributed by atoms with van der Waals surface area (Å²) in [6, 6.07) is -0.388. The van der Waals surface area contributed by atoms with Crippen molar-refractivity contribution in [3.8, 4) is 0 Å². The molecule has 4 rings (SSSR count). The second-order valence-electron chi connectivity index (χ2n) is 6.62. The molecule has 2 aromatic heterocycles. The number of anilines is 2. The van der Waals surface area contributed by atoms with Crippen molar-refractivity contribution in [2.24, 2.45) is 13.0 Å². The number of rotatable bonds is 6. The molecule has 1 aliphatic carbocycles. The number of hydrogen-bond acceptors (Lipinski definition) is 7. The van der Waals surface area contributed by atoms with Gasteiger partial charge in [0.05, 0.1) is 25.0 Å². The van der Waals surface area contributed by atoms with Crippen LogP contribution in [0.1, 0.15) is 12.8 Å². The second-order valence-corrected chi connectivity index (χ2v) is 6.62. The number of halogens is 1. The molecule has 0 bridgehead atoms. The highest BCUT2D eigenvalue weighted by Crippen LogP contribution is 2.34. The van der Waals surface area contributed by atoms with Crippen LogP contribution in [0.3, 0.4) is 0 Å². The molecular formula is C15H22FN7O. The Morgan fingerprint density at radius 2 is 2.25 bits per heavy atom. The summed E-state index contributed by atoms with van der Waals surface area (Å²) >= 11 is 0. The standard InChI is InChI=1S/C15H22FN7O/c1-23-7-18-12-13(19-10-5-17-4-9(10)16)21-15(22-14(12)23)20-11(6-24)8-2-3-8/h7-11,17,24H,2-6H2,1H3,(H2,19,20,21,22)/t9?,10?,11-/m0/s1. The molecule has 2 unspecified atom stereocenters. The van der Waals surface area contributed by atoms with Crippen LogP contribution in [0, 0.1) is 5.92 Å². The monoisotopic (exact) mass is 335 g/mol. The maximum Gasteiger partial charge on any atom is 0.227 e. The van der Waals surface area contributed by atoms with Crippen molar-refractivity contribution in [2.45, 2.75) is 31.1 Å². The van der Waals surface area contributed by atoms with Gasteiger partial charge in [0, 0.05) is 20.1 Å². The van der Waals surface area contributed by atoms with Crippen molar-refractivity contribution in [1.82, 2.24) is 24.8 Å². The molecule has 0 radical (unpaired) electrons. The Morgan fingerprint density at radius 1 is 1.42 bits per heavy atom. The summed E-state index contributed by atoms with van der Waals surface area (Å²) in [6.07, 6.45) is 2.91. The number of nitrogens with one attached hydrogen (secondary N) is 3. The number of hydrogen-bond donors (Lipinski definition) is 4. The van der Waals surface area contributed by atoms with Crippen LogP contribution in [0.4, 0.5) is 16.2 Å². The summed E-state index contributed by atoms with van der Waals surface area (Å²) in [5, 5.41) is 18.9. The van der Waals surface area contributed by atoms with Gasteiger partial charge < -0.3 is 25.6 Å². The summed E-state index contributed by atoms with van der Waals surface area (Å²) in [5.41, 5.74) is 1.29. The summed E-state index contributed by atoms with van der Waals surface area (Å²) < 4.78 is 15.7. The van der Waals surface area contributed by atoms with E-state index >= 15 is 0 Å². The van der Waals surface area contributed by atoms with Gasteiger partial charge in [-0.25, -0.2) is 9.37 Å². The summed E-state index contributed by atoms with van der Waals surface area (Å²) in [4.78, 5) is 13.3. The van der Waals surface area contributed by atoms with E-state index in [1.807, 2.05) is 7.05 Å². The van der Waals surface area contributed by atoms with Gasteiger partial charge in [0.15, 0.2) is 17.0 Å².